The van der Waals surface area contributed by atoms with Crippen LogP contribution in [-0.2, 0) is 22.9 Å². The van der Waals surface area contributed by atoms with Crippen LogP contribution in [0.3, 0.4) is 0 Å². The quantitative estimate of drug-likeness (QED) is 0.661. The SMILES string of the molecule is CCNc1cc(C)nc(N2CCN(S(=O)(=O)c3ccc4cccc5c4c3CC5)CC2)n1. The van der Waals surface area contributed by atoms with Crippen LogP contribution in [0.4, 0.5) is 11.8 Å². The van der Waals surface area contributed by atoms with E-state index < -0.39 is 10.0 Å². The van der Waals surface area contributed by atoms with Crippen molar-refractivity contribution in [3.8, 4) is 0 Å². The van der Waals surface area contributed by atoms with Gasteiger partial charge in [0.1, 0.15) is 5.82 Å². The number of piperazine rings is 1. The van der Waals surface area contributed by atoms with Crippen LogP contribution in [0.15, 0.2) is 41.3 Å². The van der Waals surface area contributed by atoms with Crippen LogP contribution < -0.4 is 10.2 Å². The minimum atomic E-state index is -3.54. The number of rotatable bonds is 5. The number of aryl methyl sites for hydroxylation is 3. The monoisotopic (exact) mass is 437 g/mol. The predicted molar refractivity (Wildman–Crippen MR) is 123 cm³/mol. The second kappa shape index (κ2) is 7.76. The standard InChI is InChI=1S/C23H27N5O2S/c1-3-24-21-15-16(2)25-23(26-21)27-11-13-28(14-12-27)31(29,30)20-10-8-18-6-4-5-17-7-9-19(20)22(17)18/h4-6,8,10,15H,3,7,9,11-14H2,1-2H3,(H,24,25,26). The van der Waals surface area contributed by atoms with Crippen LogP contribution in [0.25, 0.3) is 10.8 Å². The minimum absolute atomic E-state index is 0.426. The van der Waals surface area contributed by atoms with Crippen LogP contribution in [-0.4, -0.2) is 55.4 Å². The summed E-state index contributed by atoms with van der Waals surface area (Å²) in [7, 11) is -3.54. The lowest BCUT2D eigenvalue weighted by Gasteiger charge is -2.34. The fourth-order valence-corrected chi connectivity index (χ4v) is 6.39. The number of hydrogen-bond donors (Lipinski definition) is 1. The smallest absolute Gasteiger partial charge is 0.243 e. The molecule has 0 unspecified atom stereocenters. The van der Waals surface area contributed by atoms with Gasteiger partial charge in [0, 0.05) is 44.5 Å². The second-order valence-corrected chi connectivity index (χ2v) is 10.1. The first-order valence-electron chi connectivity index (χ1n) is 10.9. The summed E-state index contributed by atoms with van der Waals surface area (Å²) < 4.78 is 28.7. The van der Waals surface area contributed by atoms with Crippen LogP contribution in [0.2, 0.25) is 0 Å². The van der Waals surface area contributed by atoms with E-state index in [0.717, 1.165) is 47.2 Å². The lowest BCUT2D eigenvalue weighted by Crippen LogP contribution is -2.49. The molecule has 8 heteroatoms. The molecule has 0 spiro atoms. The van der Waals surface area contributed by atoms with Crippen molar-refractivity contribution in [3.63, 3.8) is 0 Å². The molecule has 2 heterocycles. The van der Waals surface area contributed by atoms with Crippen molar-refractivity contribution in [1.82, 2.24) is 14.3 Å². The first-order valence-corrected chi connectivity index (χ1v) is 12.3. The summed E-state index contributed by atoms with van der Waals surface area (Å²) in [6, 6.07) is 11.9. The van der Waals surface area contributed by atoms with E-state index in [0.29, 0.717) is 37.0 Å². The summed E-state index contributed by atoms with van der Waals surface area (Å²) in [4.78, 5) is 11.7. The van der Waals surface area contributed by atoms with Crippen LogP contribution >= 0.6 is 0 Å². The van der Waals surface area contributed by atoms with Crippen molar-refractivity contribution >= 4 is 32.6 Å². The molecule has 0 bridgehead atoms. The Kier molecular flexibility index (Phi) is 5.06. The van der Waals surface area contributed by atoms with E-state index in [-0.39, 0.29) is 0 Å². The van der Waals surface area contributed by atoms with Crippen molar-refractivity contribution in [2.24, 2.45) is 0 Å². The molecule has 31 heavy (non-hydrogen) atoms. The van der Waals surface area contributed by atoms with Crippen molar-refractivity contribution < 1.29 is 8.42 Å². The van der Waals surface area contributed by atoms with E-state index in [1.165, 1.54) is 5.56 Å². The molecule has 1 aromatic heterocycles. The van der Waals surface area contributed by atoms with Gasteiger partial charge >= 0.3 is 0 Å². The summed E-state index contributed by atoms with van der Waals surface area (Å²) in [5, 5.41) is 5.49. The molecule has 0 atom stereocenters. The Morgan fingerprint density at radius 3 is 2.61 bits per heavy atom. The lowest BCUT2D eigenvalue weighted by molar-refractivity contribution is 0.382. The van der Waals surface area contributed by atoms with Crippen LogP contribution in [0.5, 0.6) is 0 Å². The zero-order chi connectivity index (χ0) is 21.6. The van der Waals surface area contributed by atoms with Crippen molar-refractivity contribution in [1.29, 1.82) is 0 Å². The summed E-state index contributed by atoms with van der Waals surface area (Å²) in [5.41, 5.74) is 3.13. The molecule has 2 aliphatic rings. The Bertz CT molecular complexity index is 1250. The summed E-state index contributed by atoms with van der Waals surface area (Å²) in [5.74, 6) is 1.46. The van der Waals surface area contributed by atoms with Crippen molar-refractivity contribution in [2.45, 2.75) is 31.6 Å². The molecule has 1 aliphatic carbocycles. The second-order valence-electron chi connectivity index (χ2n) is 8.17. The van der Waals surface area contributed by atoms with Gasteiger partial charge in [-0.15, -0.1) is 0 Å². The summed E-state index contributed by atoms with van der Waals surface area (Å²) >= 11 is 0. The molecule has 1 N–H and O–H groups in total. The first kappa shape index (κ1) is 20.2. The highest BCUT2D eigenvalue weighted by Crippen LogP contribution is 2.36. The van der Waals surface area contributed by atoms with Crippen molar-refractivity contribution in [3.05, 3.63) is 53.2 Å². The summed E-state index contributed by atoms with van der Waals surface area (Å²) in [6.07, 6.45) is 1.70. The number of hydrogen-bond acceptors (Lipinski definition) is 6. The van der Waals surface area contributed by atoms with Crippen LogP contribution in [0.1, 0.15) is 23.7 Å². The van der Waals surface area contributed by atoms with E-state index in [1.807, 2.05) is 26.0 Å². The fourth-order valence-electron chi connectivity index (χ4n) is 4.71. The molecule has 0 amide bonds. The maximum absolute atomic E-state index is 13.5. The first-order chi connectivity index (χ1) is 15.0. The van der Waals surface area contributed by atoms with Gasteiger partial charge in [-0.25, -0.2) is 13.4 Å². The Labute approximate surface area is 183 Å². The van der Waals surface area contributed by atoms with Gasteiger partial charge in [0.2, 0.25) is 16.0 Å². The van der Waals surface area contributed by atoms with Gasteiger partial charge in [-0.05, 0) is 54.7 Å². The van der Waals surface area contributed by atoms with Gasteiger partial charge in [0.15, 0.2) is 0 Å². The highest BCUT2D eigenvalue weighted by atomic mass is 32.2. The van der Waals surface area contributed by atoms with Gasteiger partial charge < -0.3 is 10.2 Å². The molecular weight excluding hydrogens is 410 g/mol. The molecule has 0 saturated carbocycles. The van der Waals surface area contributed by atoms with E-state index >= 15 is 0 Å². The molecule has 162 valence electrons. The predicted octanol–water partition coefficient (Wildman–Crippen LogP) is 2.98. The van der Waals surface area contributed by atoms with Gasteiger partial charge in [-0.2, -0.15) is 9.29 Å². The van der Waals surface area contributed by atoms with E-state index in [9.17, 15) is 8.42 Å². The Hall–Kier alpha value is -2.71. The topological polar surface area (TPSA) is 78.4 Å². The average molecular weight is 438 g/mol. The van der Waals surface area contributed by atoms with Crippen LogP contribution in [0, 0.1) is 6.92 Å². The van der Waals surface area contributed by atoms with Gasteiger partial charge in [-0.3, -0.25) is 0 Å². The molecular formula is C23H27N5O2S. The Balaban J connectivity index is 1.39. The highest BCUT2D eigenvalue weighted by Gasteiger charge is 2.32. The number of anilines is 2. The van der Waals surface area contributed by atoms with E-state index in [2.05, 4.69) is 38.4 Å². The Morgan fingerprint density at radius 1 is 1.03 bits per heavy atom. The van der Waals surface area contributed by atoms with Gasteiger partial charge in [-0.1, -0.05) is 24.3 Å². The minimum Gasteiger partial charge on any atom is -0.370 e. The molecule has 1 aliphatic heterocycles. The fraction of sp³-hybridized carbons (Fsp3) is 0.391. The third kappa shape index (κ3) is 3.53. The third-order valence-corrected chi connectivity index (χ3v) is 8.16. The molecule has 7 nitrogen and oxygen atoms in total. The molecule has 2 aromatic carbocycles. The number of sulfonamides is 1. The zero-order valence-corrected chi connectivity index (χ0v) is 18.7. The normalized spacial score (nSPS) is 16.8. The zero-order valence-electron chi connectivity index (χ0n) is 17.9. The Morgan fingerprint density at radius 2 is 1.84 bits per heavy atom. The van der Waals surface area contributed by atoms with E-state index in [4.69, 9.17) is 0 Å². The molecule has 1 saturated heterocycles. The number of aromatic nitrogens is 2. The van der Waals surface area contributed by atoms with Gasteiger partial charge in [0.25, 0.3) is 0 Å². The van der Waals surface area contributed by atoms with Crippen molar-refractivity contribution in [2.75, 3.05) is 42.9 Å². The lowest BCUT2D eigenvalue weighted by atomic mass is 10.1. The summed E-state index contributed by atoms with van der Waals surface area (Å²) in [6.45, 7) is 6.76. The maximum Gasteiger partial charge on any atom is 0.243 e. The highest BCUT2D eigenvalue weighted by molar-refractivity contribution is 7.89. The largest absolute Gasteiger partial charge is 0.370 e. The number of nitrogens with zero attached hydrogens (tertiary/aromatic N) is 4. The average Bonchev–Trinajstić information content (AvgIpc) is 3.19. The number of benzene rings is 2. The van der Waals surface area contributed by atoms with Gasteiger partial charge in [0.05, 0.1) is 4.90 Å². The molecule has 0 radical (unpaired) electrons. The molecule has 5 rings (SSSR count). The number of nitrogens with one attached hydrogen (secondary N) is 1. The molecule has 3 aromatic rings. The maximum atomic E-state index is 13.5. The third-order valence-electron chi connectivity index (χ3n) is 6.18. The molecule has 1 fully saturated rings. The van der Waals surface area contributed by atoms with E-state index in [1.54, 1.807) is 10.4 Å².